The van der Waals surface area contributed by atoms with E-state index in [-0.39, 0.29) is 11.7 Å². The Bertz CT molecular complexity index is 921. The molecule has 2 aromatic rings. The molecule has 0 atom stereocenters. The molecular formula is C19H14Cl2N2O2S. The van der Waals surface area contributed by atoms with Crippen molar-refractivity contribution in [3.8, 4) is 5.75 Å². The Morgan fingerprint density at radius 2 is 1.88 bits per heavy atom. The van der Waals surface area contributed by atoms with E-state index < -0.39 is 0 Å². The molecular weight excluding hydrogens is 391 g/mol. The van der Waals surface area contributed by atoms with Crippen molar-refractivity contribution < 1.29 is 9.90 Å². The number of amides is 1. The molecule has 0 unspecified atom stereocenters. The fraction of sp³-hybridized carbons (Fsp3) is 0.0526. The maximum absolute atomic E-state index is 12.8. The van der Waals surface area contributed by atoms with Crippen LogP contribution in [0.3, 0.4) is 0 Å². The number of thioether (sulfide) groups is 1. The van der Waals surface area contributed by atoms with E-state index >= 15 is 0 Å². The molecule has 1 saturated heterocycles. The van der Waals surface area contributed by atoms with Gasteiger partial charge in [0.05, 0.1) is 10.6 Å². The molecule has 1 amide bonds. The van der Waals surface area contributed by atoms with Crippen LogP contribution in [-0.2, 0) is 4.79 Å². The number of phenols is 1. The summed E-state index contributed by atoms with van der Waals surface area (Å²) in [5, 5.41) is 11.0. The first-order valence-electron chi connectivity index (χ1n) is 7.63. The molecule has 1 aliphatic rings. The second-order valence-corrected chi connectivity index (χ2v) is 7.19. The standard InChI is InChI=1S/C19H14Cl2N2O2S/c1-2-9-23-18(25)17(11-14-15(20)7-4-8-16(14)21)26-19(23)22-12-5-3-6-13(24)10-12/h2-8,10-11,24H,1,9H2/b17-11-,22-19?. The Morgan fingerprint density at radius 3 is 2.54 bits per heavy atom. The molecule has 1 heterocycles. The minimum absolute atomic E-state index is 0.107. The summed E-state index contributed by atoms with van der Waals surface area (Å²) < 4.78 is 0. The van der Waals surface area contributed by atoms with Crippen molar-refractivity contribution in [1.82, 2.24) is 4.90 Å². The van der Waals surface area contributed by atoms with E-state index in [9.17, 15) is 9.90 Å². The highest BCUT2D eigenvalue weighted by atomic mass is 35.5. The lowest BCUT2D eigenvalue weighted by atomic mass is 10.2. The average Bonchev–Trinajstić information content (AvgIpc) is 2.87. The van der Waals surface area contributed by atoms with Crippen LogP contribution < -0.4 is 0 Å². The van der Waals surface area contributed by atoms with Crippen LogP contribution in [0.15, 0.2) is 65.0 Å². The minimum Gasteiger partial charge on any atom is -0.508 e. The van der Waals surface area contributed by atoms with Gasteiger partial charge in [-0.2, -0.15) is 0 Å². The van der Waals surface area contributed by atoms with Gasteiger partial charge in [0.15, 0.2) is 5.17 Å². The number of nitrogens with zero attached hydrogens (tertiary/aromatic N) is 2. The highest BCUT2D eigenvalue weighted by Crippen LogP contribution is 2.37. The van der Waals surface area contributed by atoms with E-state index in [1.54, 1.807) is 48.6 Å². The molecule has 26 heavy (non-hydrogen) atoms. The summed E-state index contributed by atoms with van der Waals surface area (Å²) in [5.41, 5.74) is 1.13. The van der Waals surface area contributed by atoms with Crippen molar-refractivity contribution >= 4 is 57.8 Å². The summed E-state index contributed by atoms with van der Waals surface area (Å²) >= 11 is 13.6. The van der Waals surface area contributed by atoms with E-state index in [1.807, 2.05) is 0 Å². The maximum Gasteiger partial charge on any atom is 0.267 e. The second-order valence-electron chi connectivity index (χ2n) is 5.36. The van der Waals surface area contributed by atoms with Gasteiger partial charge in [0.1, 0.15) is 5.75 Å². The Kier molecular flexibility index (Phi) is 5.71. The maximum atomic E-state index is 12.8. The highest BCUT2D eigenvalue weighted by molar-refractivity contribution is 8.18. The Balaban J connectivity index is 2.01. The van der Waals surface area contributed by atoms with E-state index in [0.717, 1.165) is 0 Å². The number of aromatic hydroxyl groups is 1. The molecule has 0 saturated carbocycles. The third-order valence-electron chi connectivity index (χ3n) is 3.53. The quantitative estimate of drug-likeness (QED) is 0.541. The number of benzene rings is 2. The van der Waals surface area contributed by atoms with Gasteiger partial charge in [0.25, 0.3) is 5.91 Å². The molecule has 0 bridgehead atoms. The molecule has 132 valence electrons. The van der Waals surface area contributed by atoms with Gasteiger partial charge in [-0.1, -0.05) is 41.4 Å². The van der Waals surface area contributed by atoms with Crippen LogP contribution in [0, 0.1) is 0 Å². The van der Waals surface area contributed by atoms with Crippen LogP contribution >= 0.6 is 35.0 Å². The van der Waals surface area contributed by atoms with E-state index in [1.165, 1.54) is 22.7 Å². The van der Waals surface area contributed by atoms with Crippen LogP contribution in [0.4, 0.5) is 5.69 Å². The number of hydrogen-bond acceptors (Lipinski definition) is 4. The molecule has 0 aromatic heterocycles. The molecule has 2 aromatic carbocycles. The zero-order valence-corrected chi connectivity index (χ0v) is 15.9. The molecule has 4 nitrogen and oxygen atoms in total. The number of carbonyl (C=O) groups excluding carboxylic acids is 1. The SMILES string of the molecule is C=CCN1C(=O)/C(=C/c2c(Cl)cccc2Cl)SC1=Nc1cccc(O)c1. The van der Waals surface area contributed by atoms with Crippen LogP contribution in [0.2, 0.25) is 10.0 Å². The van der Waals surface area contributed by atoms with Gasteiger partial charge in [-0.15, -0.1) is 6.58 Å². The summed E-state index contributed by atoms with van der Waals surface area (Å²) in [7, 11) is 0. The van der Waals surface area contributed by atoms with E-state index in [0.29, 0.717) is 37.9 Å². The van der Waals surface area contributed by atoms with Crippen LogP contribution in [0.1, 0.15) is 5.56 Å². The van der Waals surface area contributed by atoms with Crippen LogP contribution in [-0.4, -0.2) is 27.6 Å². The highest BCUT2D eigenvalue weighted by Gasteiger charge is 2.33. The van der Waals surface area contributed by atoms with Gasteiger partial charge in [0.2, 0.25) is 0 Å². The first kappa shape index (κ1) is 18.6. The monoisotopic (exact) mass is 404 g/mol. The number of amidine groups is 1. The van der Waals surface area contributed by atoms with Crippen molar-refractivity contribution in [3.63, 3.8) is 0 Å². The lowest BCUT2D eigenvalue weighted by molar-refractivity contribution is -0.121. The zero-order chi connectivity index (χ0) is 18.7. The predicted octanol–water partition coefficient (Wildman–Crippen LogP) is 5.49. The topological polar surface area (TPSA) is 52.9 Å². The molecule has 1 aliphatic heterocycles. The fourth-order valence-electron chi connectivity index (χ4n) is 2.33. The van der Waals surface area contributed by atoms with Gasteiger partial charge >= 0.3 is 0 Å². The fourth-order valence-corrected chi connectivity index (χ4v) is 3.83. The lowest BCUT2D eigenvalue weighted by Gasteiger charge is -2.12. The molecule has 1 fully saturated rings. The molecule has 7 heteroatoms. The van der Waals surface area contributed by atoms with Crippen molar-refractivity contribution in [2.24, 2.45) is 4.99 Å². The van der Waals surface area contributed by atoms with Gasteiger partial charge in [0, 0.05) is 28.2 Å². The summed E-state index contributed by atoms with van der Waals surface area (Å²) in [5.74, 6) is -0.0974. The number of hydrogen-bond donors (Lipinski definition) is 1. The number of halogens is 2. The molecule has 3 rings (SSSR count). The van der Waals surface area contributed by atoms with Gasteiger partial charge in [-0.25, -0.2) is 4.99 Å². The third-order valence-corrected chi connectivity index (χ3v) is 5.20. The van der Waals surface area contributed by atoms with Gasteiger partial charge < -0.3 is 5.11 Å². The number of rotatable bonds is 4. The van der Waals surface area contributed by atoms with Crippen molar-refractivity contribution in [3.05, 3.63) is 75.6 Å². The Hall–Kier alpha value is -2.21. The first-order valence-corrected chi connectivity index (χ1v) is 9.21. The van der Waals surface area contributed by atoms with Crippen molar-refractivity contribution in [2.75, 3.05) is 6.54 Å². The molecule has 0 aliphatic carbocycles. The predicted molar refractivity (Wildman–Crippen MR) is 109 cm³/mol. The van der Waals surface area contributed by atoms with Crippen molar-refractivity contribution in [2.45, 2.75) is 0 Å². The van der Waals surface area contributed by atoms with Crippen molar-refractivity contribution in [1.29, 1.82) is 0 Å². The summed E-state index contributed by atoms with van der Waals surface area (Å²) in [4.78, 5) is 19.2. The number of aliphatic imine (C=N–C) groups is 1. The average molecular weight is 405 g/mol. The second kappa shape index (κ2) is 7.99. The minimum atomic E-state index is -0.204. The summed E-state index contributed by atoms with van der Waals surface area (Å²) in [6.45, 7) is 4.01. The van der Waals surface area contributed by atoms with Gasteiger partial charge in [-0.3, -0.25) is 9.69 Å². The smallest absolute Gasteiger partial charge is 0.267 e. The zero-order valence-electron chi connectivity index (χ0n) is 13.5. The van der Waals surface area contributed by atoms with Gasteiger partial charge in [-0.05, 0) is 42.1 Å². The summed E-state index contributed by atoms with van der Waals surface area (Å²) in [6.07, 6.45) is 3.29. The van der Waals surface area contributed by atoms with E-state index in [2.05, 4.69) is 11.6 Å². The normalized spacial score (nSPS) is 17.3. The number of carbonyl (C=O) groups is 1. The lowest BCUT2D eigenvalue weighted by Crippen LogP contribution is -2.29. The molecule has 0 spiro atoms. The third kappa shape index (κ3) is 3.96. The van der Waals surface area contributed by atoms with Crippen LogP contribution in [0.25, 0.3) is 6.08 Å². The Morgan fingerprint density at radius 1 is 1.19 bits per heavy atom. The molecule has 1 N–H and O–H groups in total. The first-order chi connectivity index (χ1) is 12.5. The summed E-state index contributed by atoms with van der Waals surface area (Å²) in [6, 6.07) is 11.7. The molecule has 0 radical (unpaired) electrons. The van der Waals surface area contributed by atoms with E-state index in [4.69, 9.17) is 23.2 Å². The Labute approximate surface area is 165 Å². The largest absolute Gasteiger partial charge is 0.508 e. The number of phenolic OH excluding ortho intramolecular Hbond substituents is 1. The van der Waals surface area contributed by atoms with Crippen LogP contribution in [0.5, 0.6) is 5.75 Å².